The van der Waals surface area contributed by atoms with Crippen molar-refractivity contribution in [1.82, 2.24) is 14.9 Å². The Morgan fingerprint density at radius 3 is 2.52 bits per heavy atom. The molecule has 1 saturated heterocycles. The second-order valence-electron chi connectivity index (χ2n) is 6.37. The molecule has 1 aliphatic rings. The number of rotatable bonds is 7. The van der Waals surface area contributed by atoms with Crippen LogP contribution in [-0.4, -0.2) is 48.7 Å². The van der Waals surface area contributed by atoms with Crippen molar-refractivity contribution in [1.29, 1.82) is 0 Å². The van der Waals surface area contributed by atoms with E-state index < -0.39 is 0 Å². The lowest BCUT2D eigenvalue weighted by Gasteiger charge is -2.32. The molecule has 0 radical (unpaired) electrons. The topological polar surface area (TPSA) is 59.5 Å². The first-order valence-electron chi connectivity index (χ1n) is 8.73. The van der Waals surface area contributed by atoms with Crippen LogP contribution in [0.25, 0.3) is 0 Å². The van der Waals surface area contributed by atoms with Crippen molar-refractivity contribution in [3.05, 3.63) is 42.1 Å². The predicted octanol–water partition coefficient (Wildman–Crippen LogP) is 2.82. The fourth-order valence-electron chi connectivity index (χ4n) is 3.11. The van der Waals surface area contributed by atoms with Crippen LogP contribution in [0.5, 0.6) is 11.6 Å². The Kier molecular flexibility index (Phi) is 6.06. The smallest absolute Gasteiger partial charge is 0.225 e. The summed E-state index contributed by atoms with van der Waals surface area (Å²) in [5.41, 5.74) is 1.34. The molecule has 0 bridgehead atoms. The van der Waals surface area contributed by atoms with Crippen LogP contribution in [-0.2, 0) is 6.54 Å². The fourth-order valence-corrected chi connectivity index (χ4v) is 3.11. The van der Waals surface area contributed by atoms with Gasteiger partial charge in [0.2, 0.25) is 11.8 Å². The summed E-state index contributed by atoms with van der Waals surface area (Å²) in [4.78, 5) is 11.0. The number of methoxy groups -OCH3 is 2. The molecule has 134 valence electrons. The van der Waals surface area contributed by atoms with Gasteiger partial charge < -0.3 is 14.8 Å². The van der Waals surface area contributed by atoms with Gasteiger partial charge in [-0.05, 0) is 49.5 Å². The number of benzene rings is 1. The van der Waals surface area contributed by atoms with Crippen LogP contribution in [0, 0.1) is 5.92 Å². The highest BCUT2D eigenvalue weighted by Gasteiger charge is 2.19. The van der Waals surface area contributed by atoms with Gasteiger partial charge in [0.15, 0.2) is 0 Å². The minimum Gasteiger partial charge on any atom is -0.497 e. The molecular formula is C19H26N4O2. The van der Waals surface area contributed by atoms with Gasteiger partial charge in [-0.15, -0.1) is 0 Å². The number of hydrogen-bond acceptors (Lipinski definition) is 6. The van der Waals surface area contributed by atoms with Crippen LogP contribution in [0.15, 0.2) is 36.5 Å². The molecule has 2 heterocycles. The summed E-state index contributed by atoms with van der Waals surface area (Å²) in [6.07, 6.45) is 4.09. The third-order valence-electron chi connectivity index (χ3n) is 4.66. The third-order valence-corrected chi connectivity index (χ3v) is 4.66. The standard InChI is InChI=1S/C19H26N4O2/c1-24-17-5-3-16(4-6-17)14-23-11-8-15(9-12-23)13-21-19-20-10-7-18(22-19)25-2/h3-7,10,15H,8-9,11-14H2,1-2H3,(H,20,21,22). The van der Waals surface area contributed by atoms with E-state index in [1.165, 1.54) is 18.4 Å². The van der Waals surface area contributed by atoms with Crippen LogP contribution in [0.3, 0.4) is 0 Å². The van der Waals surface area contributed by atoms with Crippen molar-refractivity contribution < 1.29 is 9.47 Å². The van der Waals surface area contributed by atoms with E-state index in [2.05, 4.69) is 32.3 Å². The number of anilines is 1. The molecule has 25 heavy (non-hydrogen) atoms. The van der Waals surface area contributed by atoms with Crippen molar-refractivity contribution in [2.45, 2.75) is 19.4 Å². The Labute approximate surface area is 149 Å². The number of piperidine rings is 1. The highest BCUT2D eigenvalue weighted by atomic mass is 16.5. The van der Waals surface area contributed by atoms with Gasteiger partial charge in [0.05, 0.1) is 14.2 Å². The van der Waals surface area contributed by atoms with Gasteiger partial charge in [0.1, 0.15) is 5.75 Å². The van der Waals surface area contributed by atoms with Crippen LogP contribution < -0.4 is 14.8 Å². The van der Waals surface area contributed by atoms with Crippen molar-refractivity contribution >= 4 is 5.95 Å². The van der Waals surface area contributed by atoms with Crippen LogP contribution in [0.2, 0.25) is 0 Å². The van der Waals surface area contributed by atoms with E-state index in [1.54, 1.807) is 26.5 Å². The number of aromatic nitrogens is 2. The van der Waals surface area contributed by atoms with E-state index in [1.807, 2.05) is 12.1 Å². The highest BCUT2D eigenvalue weighted by Crippen LogP contribution is 2.20. The minimum atomic E-state index is 0.590. The first-order valence-corrected chi connectivity index (χ1v) is 8.73. The molecule has 3 rings (SSSR count). The lowest BCUT2D eigenvalue weighted by Crippen LogP contribution is -2.35. The maximum absolute atomic E-state index is 5.21. The molecule has 1 fully saturated rings. The summed E-state index contributed by atoms with van der Waals surface area (Å²) in [6.45, 7) is 4.15. The molecule has 2 aromatic rings. The van der Waals surface area contributed by atoms with E-state index in [0.717, 1.165) is 31.9 Å². The molecule has 6 heteroatoms. The zero-order valence-corrected chi connectivity index (χ0v) is 14.9. The van der Waals surface area contributed by atoms with E-state index in [-0.39, 0.29) is 0 Å². The quantitative estimate of drug-likeness (QED) is 0.835. The normalized spacial score (nSPS) is 15.8. The van der Waals surface area contributed by atoms with Gasteiger partial charge in [-0.25, -0.2) is 4.98 Å². The van der Waals surface area contributed by atoms with Gasteiger partial charge in [-0.3, -0.25) is 4.90 Å². The Morgan fingerprint density at radius 2 is 1.84 bits per heavy atom. The monoisotopic (exact) mass is 342 g/mol. The fraction of sp³-hybridized carbons (Fsp3) is 0.474. The van der Waals surface area contributed by atoms with Crippen molar-refractivity contribution in [3.63, 3.8) is 0 Å². The van der Waals surface area contributed by atoms with E-state index >= 15 is 0 Å². The molecule has 6 nitrogen and oxygen atoms in total. The summed E-state index contributed by atoms with van der Waals surface area (Å²) in [5, 5.41) is 3.33. The number of ether oxygens (including phenoxy) is 2. The largest absolute Gasteiger partial charge is 0.497 e. The Morgan fingerprint density at radius 1 is 1.08 bits per heavy atom. The number of nitrogens with zero attached hydrogens (tertiary/aromatic N) is 3. The molecule has 1 N–H and O–H groups in total. The van der Waals surface area contributed by atoms with Gasteiger partial charge >= 0.3 is 0 Å². The van der Waals surface area contributed by atoms with Gasteiger partial charge in [-0.1, -0.05) is 12.1 Å². The average Bonchev–Trinajstić information content (AvgIpc) is 2.68. The van der Waals surface area contributed by atoms with E-state index in [0.29, 0.717) is 17.7 Å². The van der Waals surface area contributed by atoms with E-state index in [4.69, 9.17) is 9.47 Å². The van der Waals surface area contributed by atoms with Gasteiger partial charge in [0.25, 0.3) is 0 Å². The van der Waals surface area contributed by atoms with Crippen LogP contribution in [0.1, 0.15) is 18.4 Å². The molecule has 0 saturated carbocycles. The molecule has 0 unspecified atom stereocenters. The molecule has 0 spiro atoms. The maximum Gasteiger partial charge on any atom is 0.225 e. The summed E-state index contributed by atoms with van der Waals surface area (Å²) in [6, 6.07) is 10.1. The third kappa shape index (κ3) is 5.06. The zero-order chi connectivity index (χ0) is 17.5. The Balaban J connectivity index is 1.42. The summed E-state index contributed by atoms with van der Waals surface area (Å²) in [7, 11) is 3.31. The lowest BCUT2D eigenvalue weighted by molar-refractivity contribution is 0.182. The zero-order valence-electron chi connectivity index (χ0n) is 14.9. The van der Waals surface area contributed by atoms with Gasteiger partial charge in [0, 0.05) is 25.4 Å². The van der Waals surface area contributed by atoms with Crippen molar-refractivity contribution in [3.8, 4) is 11.6 Å². The Bertz CT molecular complexity index is 655. The molecule has 0 atom stereocenters. The predicted molar refractivity (Wildman–Crippen MR) is 98.1 cm³/mol. The maximum atomic E-state index is 5.21. The average molecular weight is 342 g/mol. The summed E-state index contributed by atoms with van der Waals surface area (Å²) in [5.74, 6) is 2.79. The van der Waals surface area contributed by atoms with E-state index in [9.17, 15) is 0 Å². The highest BCUT2D eigenvalue weighted by molar-refractivity contribution is 5.28. The molecular weight excluding hydrogens is 316 g/mol. The molecule has 0 amide bonds. The summed E-state index contributed by atoms with van der Waals surface area (Å²) >= 11 is 0. The molecule has 0 aliphatic carbocycles. The summed E-state index contributed by atoms with van der Waals surface area (Å²) < 4.78 is 10.3. The van der Waals surface area contributed by atoms with Gasteiger partial charge in [-0.2, -0.15) is 4.98 Å². The first-order chi connectivity index (χ1) is 12.3. The Hall–Kier alpha value is -2.34. The molecule has 1 aromatic heterocycles. The van der Waals surface area contributed by atoms with Crippen LogP contribution in [0.4, 0.5) is 5.95 Å². The first kappa shape index (κ1) is 17.5. The second kappa shape index (κ2) is 8.67. The SMILES string of the molecule is COc1ccc(CN2CCC(CNc3nccc(OC)n3)CC2)cc1. The van der Waals surface area contributed by atoms with Crippen LogP contribution >= 0.6 is 0 Å². The molecule has 1 aliphatic heterocycles. The number of hydrogen-bond donors (Lipinski definition) is 1. The number of nitrogens with one attached hydrogen (secondary N) is 1. The minimum absolute atomic E-state index is 0.590. The molecule has 1 aromatic carbocycles. The van der Waals surface area contributed by atoms with Crippen molar-refractivity contribution in [2.24, 2.45) is 5.92 Å². The lowest BCUT2D eigenvalue weighted by atomic mass is 9.96. The van der Waals surface area contributed by atoms with Crippen molar-refractivity contribution in [2.75, 3.05) is 39.2 Å². The number of likely N-dealkylation sites (tertiary alicyclic amines) is 1. The second-order valence-corrected chi connectivity index (χ2v) is 6.37.